The lowest BCUT2D eigenvalue weighted by molar-refractivity contribution is 0.645. The van der Waals surface area contributed by atoms with Gasteiger partial charge in [-0.15, -0.1) is 0 Å². The van der Waals surface area contributed by atoms with E-state index in [1.165, 1.54) is 11.1 Å². The van der Waals surface area contributed by atoms with Gasteiger partial charge in [-0.2, -0.15) is 0 Å². The fraction of sp³-hybridized carbons (Fsp3) is 0.353. The molecule has 1 unspecified atom stereocenters. The van der Waals surface area contributed by atoms with Gasteiger partial charge in [-0.1, -0.05) is 30.7 Å². The van der Waals surface area contributed by atoms with E-state index >= 15 is 0 Å². The topological polar surface area (TPSA) is 42.1 Å². The molecule has 1 aromatic carbocycles. The lowest BCUT2D eigenvalue weighted by Crippen LogP contribution is -2.21. The van der Waals surface area contributed by atoms with Crippen molar-refractivity contribution in [3.05, 3.63) is 53.7 Å². The Morgan fingerprint density at radius 3 is 2.40 bits per heavy atom. The zero-order chi connectivity index (χ0) is 14.5. The summed E-state index contributed by atoms with van der Waals surface area (Å²) in [5.41, 5.74) is 9.57. The van der Waals surface area contributed by atoms with Crippen molar-refractivity contribution in [2.24, 2.45) is 5.73 Å². The normalized spacial score (nSPS) is 12.2. The summed E-state index contributed by atoms with van der Waals surface area (Å²) >= 11 is 0. The van der Waals surface area contributed by atoms with E-state index in [9.17, 15) is 0 Å². The summed E-state index contributed by atoms with van der Waals surface area (Å²) in [6.45, 7) is 4.20. The number of nitrogens with two attached hydrogens (primary N) is 1. The molecular weight excluding hydrogens is 246 g/mol. The Morgan fingerprint density at radius 2 is 1.85 bits per heavy atom. The lowest BCUT2D eigenvalue weighted by Gasteiger charge is -2.19. The highest BCUT2D eigenvalue weighted by atomic mass is 15.2. The maximum Gasteiger partial charge on any atom is 0.132 e. The number of pyridine rings is 1. The zero-order valence-corrected chi connectivity index (χ0v) is 12.5. The van der Waals surface area contributed by atoms with Gasteiger partial charge in [-0.3, -0.25) is 0 Å². The van der Waals surface area contributed by atoms with Crippen molar-refractivity contribution >= 4 is 11.5 Å². The number of benzene rings is 1. The Labute approximate surface area is 121 Å². The summed E-state index contributed by atoms with van der Waals surface area (Å²) in [6, 6.07) is 12.8. The second-order valence-electron chi connectivity index (χ2n) is 5.29. The number of hydrogen-bond acceptors (Lipinski definition) is 3. The highest BCUT2D eigenvalue weighted by Crippen LogP contribution is 2.22. The van der Waals surface area contributed by atoms with Gasteiger partial charge in [0.15, 0.2) is 0 Å². The molecule has 0 fully saturated rings. The molecular formula is C17H23N3. The van der Waals surface area contributed by atoms with Crippen molar-refractivity contribution in [1.82, 2.24) is 4.98 Å². The van der Waals surface area contributed by atoms with Crippen LogP contribution in [0.3, 0.4) is 0 Å². The summed E-state index contributed by atoms with van der Waals surface area (Å²) in [6.07, 6.45) is 3.80. The average molecular weight is 269 g/mol. The SMILES string of the molecule is CCC(N)Cc1ccc(N(C)c2ccc(C)cc2)nc1. The second kappa shape index (κ2) is 6.53. The number of aromatic nitrogens is 1. The molecule has 0 aliphatic carbocycles. The fourth-order valence-electron chi connectivity index (χ4n) is 2.08. The molecule has 0 bridgehead atoms. The molecule has 1 atom stereocenters. The van der Waals surface area contributed by atoms with Crippen LogP contribution in [0.5, 0.6) is 0 Å². The van der Waals surface area contributed by atoms with Gasteiger partial charge in [0.05, 0.1) is 0 Å². The molecule has 106 valence electrons. The van der Waals surface area contributed by atoms with E-state index in [0.717, 1.165) is 24.3 Å². The number of anilines is 2. The van der Waals surface area contributed by atoms with Crippen LogP contribution in [0, 0.1) is 6.92 Å². The van der Waals surface area contributed by atoms with Crippen LogP contribution in [-0.4, -0.2) is 18.1 Å². The third-order valence-corrected chi connectivity index (χ3v) is 3.60. The Morgan fingerprint density at radius 1 is 1.15 bits per heavy atom. The first-order chi connectivity index (χ1) is 9.60. The smallest absolute Gasteiger partial charge is 0.132 e. The predicted molar refractivity (Wildman–Crippen MR) is 85.4 cm³/mol. The van der Waals surface area contributed by atoms with Crippen LogP contribution in [0.2, 0.25) is 0 Å². The first-order valence-corrected chi connectivity index (χ1v) is 7.11. The molecule has 2 rings (SSSR count). The minimum Gasteiger partial charge on any atom is -0.329 e. The van der Waals surface area contributed by atoms with Crippen LogP contribution in [0.25, 0.3) is 0 Å². The van der Waals surface area contributed by atoms with Crippen LogP contribution in [0.15, 0.2) is 42.6 Å². The van der Waals surface area contributed by atoms with E-state index in [-0.39, 0.29) is 6.04 Å². The minimum atomic E-state index is 0.220. The van der Waals surface area contributed by atoms with Crippen molar-refractivity contribution < 1.29 is 0 Å². The van der Waals surface area contributed by atoms with Crippen molar-refractivity contribution in [1.29, 1.82) is 0 Å². The second-order valence-corrected chi connectivity index (χ2v) is 5.29. The highest BCUT2D eigenvalue weighted by molar-refractivity contribution is 5.59. The lowest BCUT2D eigenvalue weighted by atomic mass is 10.1. The summed E-state index contributed by atoms with van der Waals surface area (Å²) in [5, 5.41) is 0. The average Bonchev–Trinajstić information content (AvgIpc) is 2.48. The molecule has 3 heteroatoms. The monoisotopic (exact) mass is 269 g/mol. The Kier molecular flexibility index (Phi) is 4.74. The van der Waals surface area contributed by atoms with Crippen LogP contribution in [0.1, 0.15) is 24.5 Å². The molecule has 0 amide bonds. The molecule has 0 saturated carbocycles. The zero-order valence-electron chi connectivity index (χ0n) is 12.5. The van der Waals surface area contributed by atoms with Gasteiger partial charge in [-0.05, 0) is 43.5 Å². The quantitative estimate of drug-likeness (QED) is 0.904. The third kappa shape index (κ3) is 3.58. The van der Waals surface area contributed by atoms with Gasteiger partial charge in [0.2, 0.25) is 0 Å². The molecule has 0 spiro atoms. The summed E-state index contributed by atoms with van der Waals surface area (Å²) in [5.74, 6) is 0.947. The number of rotatable bonds is 5. The molecule has 1 aromatic heterocycles. The maximum absolute atomic E-state index is 5.97. The number of aryl methyl sites for hydroxylation is 1. The molecule has 0 radical (unpaired) electrons. The Hall–Kier alpha value is -1.87. The largest absolute Gasteiger partial charge is 0.329 e. The highest BCUT2D eigenvalue weighted by Gasteiger charge is 2.06. The van der Waals surface area contributed by atoms with E-state index in [1.54, 1.807) is 0 Å². The summed E-state index contributed by atoms with van der Waals surface area (Å²) in [4.78, 5) is 6.62. The molecule has 0 aliphatic heterocycles. The van der Waals surface area contributed by atoms with Crippen molar-refractivity contribution in [3.8, 4) is 0 Å². The number of nitrogens with zero attached hydrogens (tertiary/aromatic N) is 2. The van der Waals surface area contributed by atoms with Gasteiger partial charge >= 0.3 is 0 Å². The molecule has 2 aromatic rings. The Bertz CT molecular complexity index is 531. The molecule has 20 heavy (non-hydrogen) atoms. The fourth-order valence-corrected chi connectivity index (χ4v) is 2.08. The molecule has 3 nitrogen and oxygen atoms in total. The van der Waals surface area contributed by atoms with Gasteiger partial charge in [-0.25, -0.2) is 4.98 Å². The molecule has 1 heterocycles. The van der Waals surface area contributed by atoms with E-state index < -0.39 is 0 Å². The van der Waals surface area contributed by atoms with Crippen molar-refractivity contribution in [3.63, 3.8) is 0 Å². The van der Waals surface area contributed by atoms with Crippen LogP contribution < -0.4 is 10.6 Å². The molecule has 0 saturated heterocycles. The number of hydrogen-bond donors (Lipinski definition) is 1. The predicted octanol–water partition coefficient (Wildman–Crippen LogP) is 3.44. The van der Waals surface area contributed by atoms with E-state index in [2.05, 4.69) is 60.1 Å². The summed E-state index contributed by atoms with van der Waals surface area (Å²) in [7, 11) is 2.03. The van der Waals surface area contributed by atoms with Gasteiger partial charge in [0.1, 0.15) is 5.82 Å². The van der Waals surface area contributed by atoms with Gasteiger partial charge in [0.25, 0.3) is 0 Å². The summed E-state index contributed by atoms with van der Waals surface area (Å²) < 4.78 is 0. The maximum atomic E-state index is 5.97. The first kappa shape index (κ1) is 14.5. The molecule has 0 aliphatic rings. The van der Waals surface area contributed by atoms with Crippen LogP contribution in [-0.2, 0) is 6.42 Å². The van der Waals surface area contributed by atoms with Gasteiger partial charge in [0, 0.05) is 25.0 Å². The standard InChI is InChI=1S/C17H23N3/c1-4-15(18)11-14-7-10-17(19-12-14)20(3)16-8-5-13(2)6-9-16/h5-10,12,15H,4,11,18H2,1-3H3. The van der Waals surface area contributed by atoms with E-state index in [0.29, 0.717) is 0 Å². The van der Waals surface area contributed by atoms with Crippen LogP contribution in [0.4, 0.5) is 11.5 Å². The van der Waals surface area contributed by atoms with E-state index in [1.807, 2.05) is 13.2 Å². The van der Waals surface area contributed by atoms with E-state index in [4.69, 9.17) is 5.73 Å². The minimum absolute atomic E-state index is 0.220. The molecule has 2 N–H and O–H groups in total. The Balaban J connectivity index is 2.11. The third-order valence-electron chi connectivity index (χ3n) is 3.60. The first-order valence-electron chi connectivity index (χ1n) is 7.11. The van der Waals surface area contributed by atoms with Crippen molar-refractivity contribution in [2.75, 3.05) is 11.9 Å². The van der Waals surface area contributed by atoms with Gasteiger partial charge < -0.3 is 10.6 Å². The van der Waals surface area contributed by atoms with Crippen LogP contribution >= 0.6 is 0 Å². The van der Waals surface area contributed by atoms with Crippen molar-refractivity contribution in [2.45, 2.75) is 32.7 Å².